The van der Waals surface area contributed by atoms with E-state index in [0.717, 1.165) is 0 Å². The predicted molar refractivity (Wildman–Crippen MR) is 90.5 cm³/mol. The Hall–Kier alpha value is -2.53. The number of rotatable bonds is 5. The second kappa shape index (κ2) is 7.65. The number of phenols is 1. The van der Waals surface area contributed by atoms with E-state index >= 15 is 0 Å². The maximum Gasteiger partial charge on any atom is 0.271 e. The van der Waals surface area contributed by atoms with Crippen molar-refractivity contribution in [1.82, 2.24) is 5.43 Å². The minimum Gasteiger partial charge on any atom is -0.504 e. The van der Waals surface area contributed by atoms with Crippen LogP contribution in [0.25, 0.3) is 0 Å². The largest absolute Gasteiger partial charge is 0.504 e. The van der Waals surface area contributed by atoms with Gasteiger partial charge in [-0.25, -0.2) is 5.43 Å². The molecule has 5 nitrogen and oxygen atoms in total. The average Bonchev–Trinajstić information content (AvgIpc) is 2.53. The van der Waals surface area contributed by atoms with E-state index in [1.54, 1.807) is 43.3 Å². The molecule has 120 valence electrons. The summed E-state index contributed by atoms with van der Waals surface area (Å²) >= 11 is 5.99. The molecule has 0 spiro atoms. The number of nitrogens with one attached hydrogen (secondary N) is 1. The van der Waals surface area contributed by atoms with Crippen molar-refractivity contribution in [3.8, 4) is 11.5 Å². The van der Waals surface area contributed by atoms with Gasteiger partial charge in [-0.3, -0.25) is 4.79 Å². The van der Waals surface area contributed by atoms with Gasteiger partial charge in [0.1, 0.15) is 0 Å². The molecule has 0 saturated carbocycles. The fraction of sp³-hybridized carbons (Fsp3) is 0.176. The quantitative estimate of drug-likeness (QED) is 0.650. The van der Waals surface area contributed by atoms with Crippen LogP contribution in [-0.4, -0.2) is 23.8 Å². The summed E-state index contributed by atoms with van der Waals surface area (Å²) in [5, 5.41) is 14.4. The number of hydrazone groups is 1. The molecule has 0 heterocycles. The smallest absolute Gasteiger partial charge is 0.271 e. The van der Waals surface area contributed by atoms with Gasteiger partial charge in [0.2, 0.25) is 0 Å². The zero-order valence-electron chi connectivity index (χ0n) is 12.8. The van der Waals surface area contributed by atoms with E-state index in [-0.39, 0.29) is 11.7 Å². The highest BCUT2D eigenvalue weighted by molar-refractivity contribution is 6.31. The van der Waals surface area contributed by atoms with Gasteiger partial charge in [-0.05, 0) is 43.7 Å². The second-order valence-electron chi connectivity index (χ2n) is 4.74. The van der Waals surface area contributed by atoms with Gasteiger partial charge in [0, 0.05) is 16.1 Å². The maximum absolute atomic E-state index is 12.1. The normalized spacial score (nSPS) is 10.7. The van der Waals surface area contributed by atoms with Crippen molar-refractivity contribution in [2.75, 3.05) is 6.61 Å². The first-order valence-corrected chi connectivity index (χ1v) is 7.45. The molecule has 0 aliphatic rings. The van der Waals surface area contributed by atoms with Crippen LogP contribution in [0.3, 0.4) is 0 Å². The highest BCUT2D eigenvalue weighted by Crippen LogP contribution is 2.28. The first-order chi connectivity index (χ1) is 11.0. The number of hydrogen-bond donors (Lipinski definition) is 2. The molecule has 0 bridgehead atoms. The van der Waals surface area contributed by atoms with E-state index in [9.17, 15) is 9.90 Å². The highest BCUT2D eigenvalue weighted by Gasteiger charge is 2.10. The molecule has 0 unspecified atom stereocenters. The molecule has 2 aromatic carbocycles. The monoisotopic (exact) mass is 332 g/mol. The summed E-state index contributed by atoms with van der Waals surface area (Å²) in [6.45, 7) is 4.03. The fourth-order valence-electron chi connectivity index (χ4n) is 1.99. The SMILES string of the molecule is CCOc1cccc(C=NNC(=O)c2cccc(Cl)c2C)c1O. The number of phenolic OH excluding ortho intramolecular Hbond substituents is 1. The Morgan fingerprint density at radius 2 is 2.09 bits per heavy atom. The van der Waals surface area contributed by atoms with Gasteiger partial charge >= 0.3 is 0 Å². The molecule has 0 radical (unpaired) electrons. The third-order valence-corrected chi connectivity index (χ3v) is 3.62. The lowest BCUT2D eigenvalue weighted by molar-refractivity contribution is 0.0954. The molecule has 2 N–H and O–H groups in total. The third-order valence-electron chi connectivity index (χ3n) is 3.21. The molecular formula is C17H17ClN2O3. The topological polar surface area (TPSA) is 70.9 Å². The van der Waals surface area contributed by atoms with Crippen LogP contribution in [-0.2, 0) is 0 Å². The molecule has 0 aliphatic heterocycles. The summed E-state index contributed by atoms with van der Waals surface area (Å²) < 4.78 is 5.29. The standard InChI is InChI=1S/C17H17ClN2O3/c1-3-23-15-9-4-6-12(16(15)21)10-19-20-17(22)13-7-5-8-14(18)11(13)2/h4-10,21H,3H2,1-2H3,(H,20,22). The number of aromatic hydroxyl groups is 1. The Balaban J connectivity index is 2.11. The summed E-state index contributed by atoms with van der Waals surface area (Å²) in [6, 6.07) is 10.1. The number of para-hydroxylation sites is 1. The zero-order chi connectivity index (χ0) is 16.8. The van der Waals surface area contributed by atoms with Gasteiger partial charge in [0.25, 0.3) is 5.91 Å². The fourth-order valence-corrected chi connectivity index (χ4v) is 2.16. The van der Waals surface area contributed by atoms with E-state index in [2.05, 4.69) is 10.5 Å². The van der Waals surface area contributed by atoms with Crippen LogP contribution in [0.4, 0.5) is 0 Å². The lowest BCUT2D eigenvalue weighted by Gasteiger charge is -2.07. The number of benzene rings is 2. The maximum atomic E-state index is 12.1. The number of carbonyl (C=O) groups excluding carboxylic acids is 1. The van der Waals surface area contributed by atoms with Crippen molar-refractivity contribution < 1.29 is 14.6 Å². The third kappa shape index (κ3) is 4.02. The van der Waals surface area contributed by atoms with Crippen molar-refractivity contribution in [2.24, 2.45) is 5.10 Å². The lowest BCUT2D eigenvalue weighted by atomic mass is 10.1. The summed E-state index contributed by atoms with van der Waals surface area (Å²) in [5.41, 5.74) is 3.99. The Morgan fingerprint density at radius 3 is 2.83 bits per heavy atom. The van der Waals surface area contributed by atoms with Gasteiger partial charge in [-0.1, -0.05) is 23.7 Å². The van der Waals surface area contributed by atoms with E-state index in [1.165, 1.54) is 6.21 Å². The van der Waals surface area contributed by atoms with Crippen molar-refractivity contribution in [1.29, 1.82) is 0 Å². The lowest BCUT2D eigenvalue weighted by Crippen LogP contribution is -2.18. The minimum absolute atomic E-state index is 0.0220. The molecule has 0 aromatic heterocycles. The summed E-state index contributed by atoms with van der Waals surface area (Å²) in [4.78, 5) is 12.1. The summed E-state index contributed by atoms with van der Waals surface area (Å²) in [5.74, 6) is -0.0264. The molecule has 2 rings (SSSR count). The molecule has 0 saturated heterocycles. The number of nitrogens with zero attached hydrogens (tertiary/aromatic N) is 1. The number of halogens is 1. The Labute approximate surface area is 139 Å². The van der Waals surface area contributed by atoms with Crippen LogP contribution in [0.5, 0.6) is 11.5 Å². The Kier molecular flexibility index (Phi) is 5.60. The van der Waals surface area contributed by atoms with Gasteiger partial charge < -0.3 is 9.84 Å². The second-order valence-corrected chi connectivity index (χ2v) is 5.15. The number of amides is 1. The van der Waals surface area contributed by atoms with Crippen molar-refractivity contribution in [3.05, 3.63) is 58.1 Å². The van der Waals surface area contributed by atoms with E-state index in [1.807, 2.05) is 6.92 Å². The van der Waals surface area contributed by atoms with Gasteiger partial charge in [-0.15, -0.1) is 0 Å². The van der Waals surface area contributed by atoms with Crippen LogP contribution >= 0.6 is 11.6 Å². The minimum atomic E-state index is -0.373. The van der Waals surface area contributed by atoms with Crippen LogP contribution in [0.2, 0.25) is 5.02 Å². The van der Waals surface area contributed by atoms with Crippen molar-refractivity contribution >= 4 is 23.7 Å². The molecule has 23 heavy (non-hydrogen) atoms. The van der Waals surface area contributed by atoms with E-state index < -0.39 is 0 Å². The molecule has 0 atom stereocenters. The molecule has 2 aromatic rings. The predicted octanol–water partition coefficient (Wildman–Crippen LogP) is 3.52. The first-order valence-electron chi connectivity index (χ1n) is 7.08. The number of hydrogen-bond acceptors (Lipinski definition) is 4. The van der Waals surface area contributed by atoms with Crippen molar-refractivity contribution in [3.63, 3.8) is 0 Å². The van der Waals surface area contributed by atoms with Gasteiger partial charge in [0.05, 0.1) is 12.8 Å². The van der Waals surface area contributed by atoms with Crippen LogP contribution in [0, 0.1) is 6.92 Å². The molecule has 0 aliphatic carbocycles. The van der Waals surface area contributed by atoms with Crippen LogP contribution < -0.4 is 10.2 Å². The van der Waals surface area contributed by atoms with Crippen molar-refractivity contribution in [2.45, 2.75) is 13.8 Å². The summed E-state index contributed by atoms with van der Waals surface area (Å²) in [7, 11) is 0. The van der Waals surface area contributed by atoms with Crippen LogP contribution in [0.15, 0.2) is 41.5 Å². The van der Waals surface area contributed by atoms with Crippen LogP contribution in [0.1, 0.15) is 28.4 Å². The highest BCUT2D eigenvalue weighted by atomic mass is 35.5. The van der Waals surface area contributed by atoms with Gasteiger partial charge in [0.15, 0.2) is 11.5 Å². The van der Waals surface area contributed by atoms with Gasteiger partial charge in [-0.2, -0.15) is 5.10 Å². The summed E-state index contributed by atoms with van der Waals surface area (Å²) in [6.07, 6.45) is 1.36. The molecule has 1 amide bonds. The zero-order valence-corrected chi connectivity index (χ0v) is 13.6. The average molecular weight is 333 g/mol. The number of carbonyl (C=O) groups is 1. The molecule has 0 fully saturated rings. The van der Waals surface area contributed by atoms with E-state index in [4.69, 9.17) is 16.3 Å². The Bertz CT molecular complexity index is 745. The molecule has 6 heteroatoms. The Morgan fingerprint density at radius 1 is 1.35 bits per heavy atom. The first kappa shape index (κ1) is 16.8. The number of ether oxygens (including phenoxy) is 1. The molecular weight excluding hydrogens is 316 g/mol. The van der Waals surface area contributed by atoms with E-state index in [0.29, 0.717) is 34.1 Å².